The van der Waals surface area contributed by atoms with Crippen molar-refractivity contribution in [1.29, 1.82) is 0 Å². The first-order chi connectivity index (χ1) is 11.8. The largest absolute Gasteiger partial charge is 0.416 e. The van der Waals surface area contributed by atoms with Gasteiger partial charge in [-0.25, -0.2) is 0 Å². The van der Waals surface area contributed by atoms with Crippen molar-refractivity contribution in [3.8, 4) is 0 Å². The summed E-state index contributed by atoms with van der Waals surface area (Å²) in [6.07, 6.45) is -3.76. The maximum atomic E-state index is 12.6. The molecule has 0 saturated heterocycles. The topological polar surface area (TPSA) is 41.1 Å². The molecule has 7 heteroatoms. The van der Waals surface area contributed by atoms with Gasteiger partial charge in [0.25, 0.3) is 0 Å². The van der Waals surface area contributed by atoms with Crippen LogP contribution in [-0.2, 0) is 23.9 Å². The zero-order valence-corrected chi connectivity index (χ0v) is 15.0. The minimum atomic E-state index is -4.36. The predicted octanol–water partition coefficient (Wildman–Crippen LogP) is 4.02. The second-order valence-electron chi connectivity index (χ2n) is 6.26. The molecule has 1 aliphatic heterocycles. The van der Waals surface area contributed by atoms with E-state index in [9.17, 15) is 18.0 Å². The Morgan fingerprint density at radius 2 is 1.73 bits per heavy atom. The molecule has 140 valence electrons. The SMILES string of the molecule is CC(NC(=O)C1Cc2ccccc2CN1)c1ccc(C(F)(F)F)cc1.Cl. The van der Waals surface area contributed by atoms with Crippen molar-refractivity contribution in [3.05, 3.63) is 70.8 Å². The van der Waals surface area contributed by atoms with Gasteiger partial charge in [0.15, 0.2) is 0 Å². The highest BCUT2D eigenvalue weighted by atomic mass is 35.5. The summed E-state index contributed by atoms with van der Waals surface area (Å²) < 4.78 is 37.9. The summed E-state index contributed by atoms with van der Waals surface area (Å²) in [5.41, 5.74) is 2.27. The number of hydrogen-bond donors (Lipinski definition) is 2. The molecule has 1 heterocycles. The molecule has 0 spiro atoms. The first kappa shape index (κ1) is 20.3. The van der Waals surface area contributed by atoms with Crippen LogP contribution < -0.4 is 10.6 Å². The van der Waals surface area contributed by atoms with Gasteiger partial charge in [0.2, 0.25) is 5.91 Å². The van der Waals surface area contributed by atoms with Crippen LogP contribution in [0.2, 0.25) is 0 Å². The summed E-state index contributed by atoms with van der Waals surface area (Å²) in [5.74, 6) is -0.151. The van der Waals surface area contributed by atoms with Crippen LogP contribution in [0, 0.1) is 0 Å². The van der Waals surface area contributed by atoms with Crippen LogP contribution in [0.4, 0.5) is 13.2 Å². The number of carbonyl (C=O) groups excluding carboxylic acids is 1. The monoisotopic (exact) mass is 384 g/mol. The molecule has 2 aromatic carbocycles. The van der Waals surface area contributed by atoms with Gasteiger partial charge in [0, 0.05) is 6.54 Å². The van der Waals surface area contributed by atoms with Crippen LogP contribution >= 0.6 is 12.4 Å². The lowest BCUT2D eigenvalue weighted by atomic mass is 9.95. The minimum Gasteiger partial charge on any atom is -0.348 e. The van der Waals surface area contributed by atoms with Crippen molar-refractivity contribution >= 4 is 18.3 Å². The molecular weight excluding hydrogens is 365 g/mol. The van der Waals surface area contributed by atoms with Crippen LogP contribution in [0.5, 0.6) is 0 Å². The number of fused-ring (bicyclic) bond motifs is 1. The number of halogens is 4. The van der Waals surface area contributed by atoms with E-state index in [1.807, 2.05) is 24.3 Å². The Labute approximate surface area is 156 Å². The van der Waals surface area contributed by atoms with Gasteiger partial charge in [-0.1, -0.05) is 36.4 Å². The number of rotatable bonds is 3. The molecular formula is C19H20ClF3N2O. The Morgan fingerprint density at radius 3 is 2.35 bits per heavy atom. The maximum Gasteiger partial charge on any atom is 0.416 e. The zero-order chi connectivity index (χ0) is 18.0. The molecule has 1 aliphatic rings. The Bertz CT molecular complexity index is 762. The lowest BCUT2D eigenvalue weighted by molar-refractivity contribution is -0.137. The van der Waals surface area contributed by atoms with Crippen molar-refractivity contribution in [2.45, 2.75) is 38.1 Å². The number of carbonyl (C=O) groups is 1. The lowest BCUT2D eigenvalue weighted by Crippen LogP contribution is -2.48. The highest BCUT2D eigenvalue weighted by molar-refractivity contribution is 5.85. The van der Waals surface area contributed by atoms with Crippen molar-refractivity contribution in [2.75, 3.05) is 0 Å². The van der Waals surface area contributed by atoms with Crippen LogP contribution in [0.3, 0.4) is 0 Å². The second kappa shape index (κ2) is 8.10. The van der Waals surface area contributed by atoms with Crippen molar-refractivity contribution < 1.29 is 18.0 Å². The molecule has 2 aromatic rings. The Kier molecular flexibility index (Phi) is 6.31. The Balaban J connectivity index is 0.00000243. The smallest absolute Gasteiger partial charge is 0.348 e. The fourth-order valence-electron chi connectivity index (χ4n) is 3.00. The first-order valence-corrected chi connectivity index (χ1v) is 8.12. The summed E-state index contributed by atoms with van der Waals surface area (Å²) in [7, 11) is 0. The molecule has 3 nitrogen and oxygen atoms in total. The van der Waals surface area contributed by atoms with Crippen molar-refractivity contribution in [1.82, 2.24) is 10.6 Å². The molecule has 1 amide bonds. The Morgan fingerprint density at radius 1 is 1.12 bits per heavy atom. The molecule has 0 aromatic heterocycles. The molecule has 0 bridgehead atoms. The molecule has 0 radical (unpaired) electrons. The average Bonchev–Trinajstić information content (AvgIpc) is 2.60. The van der Waals surface area contributed by atoms with Gasteiger partial charge < -0.3 is 10.6 Å². The summed E-state index contributed by atoms with van der Waals surface area (Å²) in [6.45, 7) is 2.39. The highest BCUT2D eigenvalue weighted by Gasteiger charge is 2.30. The highest BCUT2D eigenvalue weighted by Crippen LogP contribution is 2.30. The number of hydrogen-bond acceptors (Lipinski definition) is 2. The normalized spacial score (nSPS) is 17.6. The molecule has 3 rings (SSSR count). The van der Waals surface area contributed by atoms with Gasteiger partial charge in [-0.3, -0.25) is 4.79 Å². The number of alkyl halides is 3. The van der Waals surface area contributed by atoms with E-state index in [1.165, 1.54) is 17.7 Å². The molecule has 26 heavy (non-hydrogen) atoms. The third-order valence-corrected chi connectivity index (χ3v) is 4.49. The Hall–Kier alpha value is -2.05. The predicted molar refractivity (Wildman–Crippen MR) is 96.0 cm³/mol. The van der Waals surface area contributed by atoms with Crippen LogP contribution in [0.1, 0.15) is 35.2 Å². The molecule has 0 saturated carbocycles. The van der Waals surface area contributed by atoms with E-state index in [1.54, 1.807) is 6.92 Å². The van der Waals surface area contributed by atoms with E-state index in [4.69, 9.17) is 0 Å². The summed E-state index contributed by atoms with van der Waals surface area (Å²) in [4.78, 5) is 12.5. The van der Waals surface area contributed by atoms with Crippen LogP contribution in [0.15, 0.2) is 48.5 Å². The number of benzene rings is 2. The fraction of sp³-hybridized carbons (Fsp3) is 0.316. The van der Waals surface area contributed by atoms with E-state index in [-0.39, 0.29) is 30.4 Å². The quantitative estimate of drug-likeness (QED) is 0.839. The number of nitrogens with one attached hydrogen (secondary N) is 2. The summed E-state index contributed by atoms with van der Waals surface area (Å²) in [6, 6.07) is 12.1. The van der Waals surface area contributed by atoms with Crippen molar-refractivity contribution in [2.24, 2.45) is 0 Å². The molecule has 2 unspecified atom stereocenters. The van der Waals surface area contributed by atoms with E-state index in [0.29, 0.717) is 18.5 Å². The number of amides is 1. The fourth-order valence-corrected chi connectivity index (χ4v) is 3.00. The minimum absolute atomic E-state index is 0. The van der Waals surface area contributed by atoms with E-state index in [0.717, 1.165) is 17.7 Å². The summed E-state index contributed by atoms with van der Waals surface area (Å²) >= 11 is 0. The van der Waals surface area contributed by atoms with Gasteiger partial charge in [-0.2, -0.15) is 13.2 Å². The van der Waals surface area contributed by atoms with Crippen LogP contribution in [-0.4, -0.2) is 11.9 Å². The zero-order valence-electron chi connectivity index (χ0n) is 14.1. The molecule has 0 aliphatic carbocycles. The molecule has 2 atom stereocenters. The van der Waals surface area contributed by atoms with Gasteiger partial charge in [-0.05, 0) is 42.2 Å². The molecule has 0 fully saturated rings. The van der Waals surface area contributed by atoms with E-state index < -0.39 is 11.7 Å². The first-order valence-electron chi connectivity index (χ1n) is 8.12. The average molecular weight is 385 g/mol. The van der Waals surface area contributed by atoms with Gasteiger partial charge >= 0.3 is 6.18 Å². The third-order valence-electron chi connectivity index (χ3n) is 4.49. The van der Waals surface area contributed by atoms with Crippen LogP contribution in [0.25, 0.3) is 0 Å². The maximum absolute atomic E-state index is 12.6. The van der Waals surface area contributed by atoms with Gasteiger partial charge in [-0.15, -0.1) is 12.4 Å². The van der Waals surface area contributed by atoms with Crippen molar-refractivity contribution in [3.63, 3.8) is 0 Å². The van der Waals surface area contributed by atoms with E-state index >= 15 is 0 Å². The third kappa shape index (κ3) is 4.56. The second-order valence-corrected chi connectivity index (χ2v) is 6.26. The van der Waals surface area contributed by atoms with E-state index in [2.05, 4.69) is 10.6 Å². The molecule has 2 N–H and O–H groups in total. The standard InChI is InChI=1S/C19H19F3N2O.ClH/c1-12(13-6-8-16(9-7-13)19(20,21)22)24-18(25)17-10-14-4-2-3-5-15(14)11-23-17;/h2-9,12,17,23H,10-11H2,1H3,(H,24,25);1H. The lowest BCUT2D eigenvalue weighted by Gasteiger charge is -2.27. The summed E-state index contributed by atoms with van der Waals surface area (Å²) in [5, 5.41) is 6.07. The van der Waals surface area contributed by atoms with Gasteiger partial charge in [0.1, 0.15) is 0 Å². The van der Waals surface area contributed by atoms with Gasteiger partial charge in [0.05, 0.1) is 17.6 Å².